The molecule has 1 aliphatic heterocycles. The van der Waals surface area contributed by atoms with E-state index in [4.69, 9.17) is 0 Å². The highest BCUT2D eigenvalue weighted by molar-refractivity contribution is 5.35. The van der Waals surface area contributed by atoms with E-state index < -0.39 is 5.82 Å². The van der Waals surface area contributed by atoms with E-state index in [1.54, 1.807) is 6.07 Å². The first-order valence-corrected chi connectivity index (χ1v) is 7.44. The van der Waals surface area contributed by atoms with Crippen molar-refractivity contribution in [2.75, 3.05) is 6.54 Å². The van der Waals surface area contributed by atoms with E-state index in [-0.39, 0.29) is 11.8 Å². The molecule has 2 aromatic carbocycles. The van der Waals surface area contributed by atoms with E-state index in [2.05, 4.69) is 36.1 Å². The van der Waals surface area contributed by atoms with Gasteiger partial charge in [-0.05, 0) is 43.5 Å². The lowest BCUT2D eigenvalue weighted by atomic mass is 10.0. The SMILES string of the molecule is CC(c1ccc(F)cc1O)N1CCCc2ccccc2C1. The third-order valence-electron chi connectivity index (χ3n) is 4.37. The van der Waals surface area contributed by atoms with Crippen LogP contribution in [0.1, 0.15) is 36.1 Å². The lowest BCUT2D eigenvalue weighted by Gasteiger charge is -2.28. The van der Waals surface area contributed by atoms with Gasteiger partial charge in [0.25, 0.3) is 0 Å². The Morgan fingerprint density at radius 1 is 1.14 bits per heavy atom. The van der Waals surface area contributed by atoms with Crippen LogP contribution in [0.15, 0.2) is 42.5 Å². The average molecular weight is 285 g/mol. The second kappa shape index (κ2) is 5.86. The van der Waals surface area contributed by atoms with Crippen molar-refractivity contribution in [1.82, 2.24) is 4.90 Å². The lowest BCUT2D eigenvalue weighted by Crippen LogP contribution is -2.26. The largest absolute Gasteiger partial charge is 0.508 e. The molecule has 2 aromatic rings. The fourth-order valence-corrected chi connectivity index (χ4v) is 3.12. The molecule has 2 nitrogen and oxygen atoms in total. The zero-order valence-corrected chi connectivity index (χ0v) is 12.2. The van der Waals surface area contributed by atoms with E-state index >= 15 is 0 Å². The van der Waals surface area contributed by atoms with Gasteiger partial charge >= 0.3 is 0 Å². The van der Waals surface area contributed by atoms with Gasteiger partial charge in [0.1, 0.15) is 11.6 Å². The topological polar surface area (TPSA) is 23.5 Å². The minimum atomic E-state index is -0.398. The number of halogens is 1. The van der Waals surface area contributed by atoms with Crippen molar-refractivity contribution in [2.45, 2.75) is 32.4 Å². The van der Waals surface area contributed by atoms with Gasteiger partial charge in [0.15, 0.2) is 0 Å². The van der Waals surface area contributed by atoms with E-state index in [0.29, 0.717) is 0 Å². The molecule has 0 saturated carbocycles. The Hall–Kier alpha value is -1.87. The summed E-state index contributed by atoms with van der Waals surface area (Å²) in [6.45, 7) is 3.92. The number of aryl methyl sites for hydroxylation is 1. The predicted octanol–water partition coefficient (Wildman–Crippen LogP) is 4.04. The van der Waals surface area contributed by atoms with Gasteiger partial charge in [-0.15, -0.1) is 0 Å². The third kappa shape index (κ3) is 2.93. The highest BCUT2D eigenvalue weighted by Crippen LogP contribution is 2.32. The number of phenolic OH excluding ortho intramolecular Hbond substituents is 1. The molecule has 3 rings (SSSR count). The van der Waals surface area contributed by atoms with Gasteiger partial charge in [0.2, 0.25) is 0 Å². The van der Waals surface area contributed by atoms with Crippen LogP contribution in [0.4, 0.5) is 4.39 Å². The maximum absolute atomic E-state index is 13.1. The summed E-state index contributed by atoms with van der Waals surface area (Å²) in [5, 5.41) is 9.99. The van der Waals surface area contributed by atoms with Crippen molar-refractivity contribution in [2.24, 2.45) is 0 Å². The van der Waals surface area contributed by atoms with Gasteiger partial charge in [0, 0.05) is 24.2 Å². The number of phenols is 1. The van der Waals surface area contributed by atoms with Crippen molar-refractivity contribution < 1.29 is 9.50 Å². The summed E-state index contributed by atoms with van der Waals surface area (Å²) >= 11 is 0. The Morgan fingerprint density at radius 3 is 2.67 bits per heavy atom. The molecule has 1 atom stereocenters. The molecule has 0 bridgehead atoms. The molecule has 0 fully saturated rings. The number of benzene rings is 2. The molecule has 21 heavy (non-hydrogen) atoms. The monoisotopic (exact) mass is 285 g/mol. The molecule has 110 valence electrons. The standard InChI is InChI=1S/C18H20FNO/c1-13(17-9-8-16(19)11-18(17)21)20-10-4-7-14-5-2-3-6-15(14)12-20/h2-3,5-6,8-9,11,13,21H,4,7,10,12H2,1H3. The Kier molecular flexibility index (Phi) is 3.93. The minimum Gasteiger partial charge on any atom is -0.508 e. The summed E-state index contributed by atoms with van der Waals surface area (Å²) in [6, 6.07) is 12.9. The average Bonchev–Trinajstić information content (AvgIpc) is 2.68. The highest BCUT2D eigenvalue weighted by Gasteiger charge is 2.22. The fraction of sp³-hybridized carbons (Fsp3) is 0.333. The van der Waals surface area contributed by atoms with Crippen molar-refractivity contribution >= 4 is 0 Å². The van der Waals surface area contributed by atoms with Gasteiger partial charge in [-0.1, -0.05) is 30.3 Å². The molecule has 1 aliphatic rings. The molecule has 0 saturated heterocycles. The van der Waals surface area contributed by atoms with Gasteiger partial charge in [0.05, 0.1) is 0 Å². The second-order valence-electron chi connectivity index (χ2n) is 5.72. The number of nitrogens with zero attached hydrogens (tertiary/aromatic N) is 1. The molecule has 0 aliphatic carbocycles. The predicted molar refractivity (Wildman–Crippen MR) is 81.7 cm³/mol. The number of fused-ring (bicyclic) bond motifs is 1. The summed E-state index contributed by atoms with van der Waals surface area (Å²) in [6.07, 6.45) is 2.19. The van der Waals surface area contributed by atoms with Crippen LogP contribution in [0.5, 0.6) is 5.75 Å². The Morgan fingerprint density at radius 2 is 1.90 bits per heavy atom. The lowest BCUT2D eigenvalue weighted by molar-refractivity contribution is 0.201. The van der Waals surface area contributed by atoms with E-state index in [0.717, 1.165) is 31.5 Å². The first kappa shape index (κ1) is 14.1. The highest BCUT2D eigenvalue weighted by atomic mass is 19.1. The summed E-state index contributed by atoms with van der Waals surface area (Å²) < 4.78 is 13.1. The van der Waals surface area contributed by atoms with Crippen LogP contribution in [0.2, 0.25) is 0 Å². The van der Waals surface area contributed by atoms with Crippen LogP contribution in [0.25, 0.3) is 0 Å². The van der Waals surface area contributed by atoms with Gasteiger partial charge in [-0.25, -0.2) is 4.39 Å². The van der Waals surface area contributed by atoms with E-state index in [1.165, 1.54) is 23.3 Å². The number of aromatic hydroxyl groups is 1. The van der Waals surface area contributed by atoms with Gasteiger partial charge in [-0.2, -0.15) is 0 Å². The number of hydrogen-bond donors (Lipinski definition) is 1. The van der Waals surface area contributed by atoms with E-state index in [1.807, 2.05) is 0 Å². The molecule has 0 radical (unpaired) electrons. The molecule has 0 spiro atoms. The van der Waals surface area contributed by atoms with Crippen LogP contribution >= 0.6 is 0 Å². The van der Waals surface area contributed by atoms with E-state index in [9.17, 15) is 9.50 Å². The molecule has 1 heterocycles. The third-order valence-corrected chi connectivity index (χ3v) is 4.37. The van der Waals surface area contributed by atoms with Crippen molar-refractivity contribution in [1.29, 1.82) is 0 Å². The summed E-state index contributed by atoms with van der Waals surface area (Å²) in [7, 11) is 0. The zero-order valence-electron chi connectivity index (χ0n) is 12.2. The first-order chi connectivity index (χ1) is 10.1. The Balaban J connectivity index is 1.86. The molecular weight excluding hydrogens is 265 g/mol. The summed E-state index contributed by atoms with van der Waals surface area (Å²) in [5.74, 6) is -0.357. The normalized spacial score (nSPS) is 17.0. The molecular formula is C18H20FNO. The second-order valence-corrected chi connectivity index (χ2v) is 5.72. The van der Waals surface area contributed by atoms with Gasteiger partial charge < -0.3 is 5.11 Å². The van der Waals surface area contributed by atoms with Crippen molar-refractivity contribution in [3.8, 4) is 5.75 Å². The molecule has 0 amide bonds. The van der Waals surface area contributed by atoms with Gasteiger partial charge in [-0.3, -0.25) is 4.90 Å². The van der Waals surface area contributed by atoms with Crippen LogP contribution in [0.3, 0.4) is 0 Å². The fourth-order valence-electron chi connectivity index (χ4n) is 3.12. The first-order valence-electron chi connectivity index (χ1n) is 7.44. The Labute approximate surface area is 124 Å². The number of rotatable bonds is 2. The quantitative estimate of drug-likeness (QED) is 0.900. The van der Waals surface area contributed by atoms with Crippen LogP contribution in [-0.2, 0) is 13.0 Å². The van der Waals surface area contributed by atoms with Crippen LogP contribution < -0.4 is 0 Å². The summed E-state index contributed by atoms with van der Waals surface area (Å²) in [4.78, 5) is 2.35. The van der Waals surface area contributed by atoms with Crippen molar-refractivity contribution in [3.05, 3.63) is 65.0 Å². The Bertz CT molecular complexity index is 641. The van der Waals surface area contributed by atoms with Crippen LogP contribution in [0, 0.1) is 5.82 Å². The smallest absolute Gasteiger partial charge is 0.126 e. The maximum Gasteiger partial charge on any atom is 0.126 e. The number of hydrogen-bond acceptors (Lipinski definition) is 2. The van der Waals surface area contributed by atoms with Crippen molar-refractivity contribution in [3.63, 3.8) is 0 Å². The maximum atomic E-state index is 13.1. The minimum absolute atomic E-state index is 0.0417. The zero-order chi connectivity index (χ0) is 14.8. The van der Waals surface area contributed by atoms with Crippen LogP contribution in [-0.4, -0.2) is 16.6 Å². The molecule has 3 heteroatoms. The summed E-state index contributed by atoms with van der Waals surface area (Å²) in [5.41, 5.74) is 3.55. The molecule has 1 N–H and O–H groups in total. The molecule has 1 unspecified atom stereocenters. The molecule has 0 aromatic heterocycles.